The van der Waals surface area contributed by atoms with E-state index < -0.39 is 0 Å². The summed E-state index contributed by atoms with van der Waals surface area (Å²) in [4.78, 5) is 12.7. The number of nitrogens with zero attached hydrogens (tertiary/aromatic N) is 2. The first-order valence-electron chi connectivity index (χ1n) is 5.95. The van der Waals surface area contributed by atoms with E-state index in [1.165, 1.54) is 18.9 Å². The van der Waals surface area contributed by atoms with Crippen LogP contribution < -0.4 is 4.74 Å². The fourth-order valence-electron chi connectivity index (χ4n) is 2.04. The van der Waals surface area contributed by atoms with Crippen molar-refractivity contribution in [3.63, 3.8) is 0 Å². The summed E-state index contributed by atoms with van der Waals surface area (Å²) in [5.74, 6) is 0.627. The van der Waals surface area contributed by atoms with E-state index in [4.69, 9.17) is 4.74 Å². The second-order valence-corrected chi connectivity index (χ2v) is 4.24. The molecule has 0 N–H and O–H groups in total. The van der Waals surface area contributed by atoms with Crippen molar-refractivity contribution in [2.45, 2.75) is 12.8 Å². The fourth-order valence-corrected chi connectivity index (χ4v) is 2.04. The fraction of sp³-hybridized carbons (Fsp3) is 0.385. The largest absolute Gasteiger partial charge is 0.497 e. The van der Waals surface area contributed by atoms with Gasteiger partial charge in [-0.3, -0.25) is 10.1 Å². The first-order valence-corrected chi connectivity index (χ1v) is 5.95. The summed E-state index contributed by atoms with van der Waals surface area (Å²) >= 11 is 0. The van der Waals surface area contributed by atoms with Crippen molar-refractivity contribution in [3.05, 3.63) is 40.1 Å². The SMILES string of the molecule is COc1ccc([N+](=O)[O-])c(C=CN2CCCC2)c1. The zero-order valence-electron chi connectivity index (χ0n) is 10.3. The van der Waals surface area contributed by atoms with Crippen LogP contribution in [0.2, 0.25) is 0 Å². The highest BCUT2D eigenvalue weighted by Gasteiger charge is 2.13. The van der Waals surface area contributed by atoms with Gasteiger partial charge in [0.25, 0.3) is 5.69 Å². The summed E-state index contributed by atoms with van der Waals surface area (Å²) in [7, 11) is 1.55. The Morgan fingerprint density at radius 1 is 1.39 bits per heavy atom. The molecule has 0 spiro atoms. The molecule has 1 aromatic rings. The third-order valence-corrected chi connectivity index (χ3v) is 3.04. The highest BCUT2D eigenvalue weighted by Crippen LogP contribution is 2.25. The van der Waals surface area contributed by atoms with Crippen LogP contribution in [0.3, 0.4) is 0 Å². The molecule has 0 bridgehead atoms. The number of methoxy groups -OCH3 is 1. The van der Waals surface area contributed by atoms with Crippen molar-refractivity contribution in [2.75, 3.05) is 20.2 Å². The number of nitro benzene ring substituents is 1. The van der Waals surface area contributed by atoms with Crippen molar-refractivity contribution in [3.8, 4) is 5.75 Å². The minimum atomic E-state index is -0.372. The van der Waals surface area contributed by atoms with Gasteiger partial charge in [0.1, 0.15) is 5.75 Å². The van der Waals surface area contributed by atoms with E-state index in [0.717, 1.165) is 13.1 Å². The molecule has 0 unspecified atom stereocenters. The van der Waals surface area contributed by atoms with Crippen LogP contribution in [0, 0.1) is 10.1 Å². The van der Waals surface area contributed by atoms with Crippen LogP contribution in [0.25, 0.3) is 6.08 Å². The van der Waals surface area contributed by atoms with Gasteiger partial charge >= 0.3 is 0 Å². The molecule has 0 radical (unpaired) electrons. The van der Waals surface area contributed by atoms with Crippen LogP contribution in [0.4, 0.5) is 5.69 Å². The lowest BCUT2D eigenvalue weighted by Crippen LogP contribution is -2.10. The van der Waals surface area contributed by atoms with Crippen LogP contribution in [-0.2, 0) is 0 Å². The van der Waals surface area contributed by atoms with Gasteiger partial charge in [0.15, 0.2) is 0 Å². The second-order valence-electron chi connectivity index (χ2n) is 4.24. The Balaban J connectivity index is 2.25. The molecule has 0 aromatic heterocycles. The smallest absolute Gasteiger partial charge is 0.276 e. The molecule has 1 heterocycles. The van der Waals surface area contributed by atoms with E-state index in [-0.39, 0.29) is 10.6 Å². The van der Waals surface area contributed by atoms with Crippen molar-refractivity contribution < 1.29 is 9.66 Å². The van der Waals surface area contributed by atoms with E-state index in [0.29, 0.717) is 11.3 Å². The van der Waals surface area contributed by atoms with Crippen molar-refractivity contribution >= 4 is 11.8 Å². The van der Waals surface area contributed by atoms with Crippen molar-refractivity contribution in [1.82, 2.24) is 4.90 Å². The van der Waals surface area contributed by atoms with Crippen LogP contribution in [0.1, 0.15) is 18.4 Å². The highest BCUT2D eigenvalue weighted by atomic mass is 16.6. The lowest BCUT2D eigenvalue weighted by molar-refractivity contribution is -0.385. The van der Waals surface area contributed by atoms with E-state index in [2.05, 4.69) is 4.90 Å². The molecule has 96 valence electrons. The molecule has 1 fully saturated rings. The van der Waals surface area contributed by atoms with Gasteiger partial charge in [-0.25, -0.2) is 0 Å². The number of rotatable bonds is 4. The molecule has 0 aliphatic carbocycles. The Morgan fingerprint density at radius 3 is 2.72 bits per heavy atom. The van der Waals surface area contributed by atoms with Gasteiger partial charge < -0.3 is 9.64 Å². The number of hydrogen-bond acceptors (Lipinski definition) is 4. The maximum atomic E-state index is 10.9. The summed E-state index contributed by atoms with van der Waals surface area (Å²) in [5.41, 5.74) is 0.678. The zero-order chi connectivity index (χ0) is 13.0. The minimum absolute atomic E-state index is 0.103. The lowest BCUT2D eigenvalue weighted by Gasteiger charge is -2.10. The monoisotopic (exact) mass is 248 g/mol. The third kappa shape index (κ3) is 2.80. The lowest BCUT2D eigenvalue weighted by atomic mass is 10.1. The maximum absolute atomic E-state index is 10.9. The van der Waals surface area contributed by atoms with Crippen LogP contribution in [0.15, 0.2) is 24.4 Å². The summed E-state index contributed by atoms with van der Waals surface area (Å²) in [5, 5.41) is 10.9. The molecule has 0 amide bonds. The molecule has 18 heavy (non-hydrogen) atoms. The summed E-state index contributed by atoms with van der Waals surface area (Å²) < 4.78 is 5.09. The van der Waals surface area contributed by atoms with Gasteiger partial charge in [-0.2, -0.15) is 0 Å². The Morgan fingerprint density at radius 2 is 2.11 bits per heavy atom. The topological polar surface area (TPSA) is 55.6 Å². The summed E-state index contributed by atoms with van der Waals surface area (Å²) in [6.07, 6.45) is 6.08. The normalized spacial score (nSPS) is 15.3. The molecule has 1 aliphatic rings. The molecule has 1 aliphatic heterocycles. The Labute approximate surface area is 106 Å². The van der Waals surface area contributed by atoms with Gasteiger partial charge in [-0.15, -0.1) is 0 Å². The number of likely N-dealkylation sites (tertiary alicyclic amines) is 1. The average Bonchev–Trinajstić information content (AvgIpc) is 2.88. The van der Waals surface area contributed by atoms with E-state index in [1.807, 2.05) is 6.20 Å². The minimum Gasteiger partial charge on any atom is -0.497 e. The summed E-state index contributed by atoms with van der Waals surface area (Å²) in [6.45, 7) is 2.04. The van der Waals surface area contributed by atoms with Crippen LogP contribution >= 0.6 is 0 Å². The molecule has 0 saturated carbocycles. The molecule has 5 nitrogen and oxygen atoms in total. The Kier molecular flexibility index (Phi) is 3.82. The predicted octanol–water partition coefficient (Wildman–Crippen LogP) is 2.67. The molecular formula is C13H16N2O3. The maximum Gasteiger partial charge on any atom is 0.276 e. The standard InChI is InChI=1S/C13H16N2O3/c1-18-12-4-5-13(15(16)17)11(10-12)6-9-14-7-2-3-8-14/h4-6,9-10H,2-3,7-8H2,1H3. The number of ether oxygens (including phenoxy) is 1. The van der Waals surface area contributed by atoms with E-state index in [1.54, 1.807) is 25.3 Å². The van der Waals surface area contributed by atoms with Crippen molar-refractivity contribution in [2.24, 2.45) is 0 Å². The molecule has 1 saturated heterocycles. The van der Waals surface area contributed by atoms with E-state index >= 15 is 0 Å². The van der Waals surface area contributed by atoms with E-state index in [9.17, 15) is 10.1 Å². The zero-order valence-corrected chi connectivity index (χ0v) is 10.3. The third-order valence-electron chi connectivity index (χ3n) is 3.04. The molecule has 1 aromatic carbocycles. The molecule has 2 rings (SSSR count). The van der Waals surface area contributed by atoms with Gasteiger partial charge in [0.05, 0.1) is 17.6 Å². The highest BCUT2D eigenvalue weighted by molar-refractivity contribution is 5.62. The Bertz CT molecular complexity index is 465. The van der Waals surface area contributed by atoms with Gasteiger partial charge in [-0.1, -0.05) is 0 Å². The molecular weight excluding hydrogens is 232 g/mol. The first kappa shape index (κ1) is 12.4. The van der Waals surface area contributed by atoms with Gasteiger partial charge in [0.2, 0.25) is 0 Å². The van der Waals surface area contributed by atoms with Crippen LogP contribution in [-0.4, -0.2) is 30.0 Å². The predicted molar refractivity (Wildman–Crippen MR) is 69.5 cm³/mol. The van der Waals surface area contributed by atoms with Gasteiger partial charge in [-0.05, 0) is 37.3 Å². The number of nitro groups is 1. The summed E-state index contributed by atoms with van der Waals surface area (Å²) in [6, 6.07) is 4.76. The number of benzene rings is 1. The van der Waals surface area contributed by atoms with Crippen molar-refractivity contribution in [1.29, 1.82) is 0 Å². The first-order chi connectivity index (χ1) is 8.70. The Hall–Kier alpha value is -2.04. The quantitative estimate of drug-likeness (QED) is 0.607. The van der Waals surface area contributed by atoms with Gasteiger partial charge in [0, 0.05) is 19.2 Å². The molecule has 0 atom stereocenters. The molecule has 5 heteroatoms. The second kappa shape index (κ2) is 5.53. The number of hydrogen-bond donors (Lipinski definition) is 0. The van der Waals surface area contributed by atoms with Crippen LogP contribution in [0.5, 0.6) is 5.75 Å². The average molecular weight is 248 g/mol.